The molecule has 23 heavy (non-hydrogen) atoms. The summed E-state index contributed by atoms with van der Waals surface area (Å²) in [5, 5.41) is 2.92. The summed E-state index contributed by atoms with van der Waals surface area (Å²) in [6, 6.07) is 9.92. The molecule has 0 radical (unpaired) electrons. The molecule has 1 saturated heterocycles. The highest BCUT2D eigenvalue weighted by molar-refractivity contribution is 5.92. The highest BCUT2D eigenvalue weighted by Gasteiger charge is 2.15. The lowest BCUT2D eigenvalue weighted by molar-refractivity contribution is 0.0945. The predicted octanol–water partition coefficient (Wildman–Crippen LogP) is 2.71. The van der Waals surface area contributed by atoms with Gasteiger partial charge < -0.3 is 10.2 Å². The van der Waals surface area contributed by atoms with E-state index in [1.807, 2.05) is 31.2 Å². The lowest BCUT2D eigenvalue weighted by Gasteiger charge is -2.27. The lowest BCUT2D eigenvalue weighted by Crippen LogP contribution is -2.31. The average molecular weight is 310 g/mol. The summed E-state index contributed by atoms with van der Waals surface area (Å²) in [5.41, 5.74) is 2.71. The normalized spacial score (nSPS) is 14.6. The predicted molar refractivity (Wildman–Crippen MR) is 90.4 cm³/mol. The molecular weight excluding hydrogens is 288 g/mol. The van der Waals surface area contributed by atoms with E-state index in [4.69, 9.17) is 0 Å². The van der Waals surface area contributed by atoms with Crippen LogP contribution in [0.1, 0.15) is 40.9 Å². The van der Waals surface area contributed by atoms with Crippen molar-refractivity contribution in [2.75, 3.05) is 18.0 Å². The molecule has 5 nitrogen and oxygen atoms in total. The first-order chi connectivity index (χ1) is 11.2. The third-order valence-corrected chi connectivity index (χ3v) is 4.14. The summed E-state index contributed by atoms with van der Waals surface area (Å²) in [4.78, 5) is 22.9. The van der Waals surface area contributed by atoms with Gasteiger partial charge >= 0.3 is 0 Å². The van der Waals surface area contributed by atoms with Crippen LogP contribution in [0.2, 0.25) is 0 Å². The number of hydrogen-bond donors (Lipinski definition) is 1. The van der Waals surface area contributed by atoms with Crippen molar-refractivity contribution >= 4 is 11.7 Å². The zero-order valence-corrected chi connectivity index (χ0v) is 13.5. The van der Waals surface area contributed by atoms with Crippen LogP contribution in [-0.4, -0.2) is 29.0 Å². The van der Waals surface area contributed by atoms with Crippen LogP contribution >= 0.6 is 0 Å². The molecule has 0 saturated carbocycles. The maximum atomic E-state index is 12.3. The number of piperidine rings is 1. The Morgan fingerprint density at radius 1 is 1.13 bits per heavy atom. The van der Waals surface area contributed by atoms with Crippen molar-refractivity contribution < 1.29 is 4.79 Å². The van der Waals surface area contributed by atoms with Crippen LogP contribution in [0.5, 0.6) is 0 Å². The number of nitrogens with one attached hydrogen (secondary N) is 1. The summed E-state index contributed by atoms with van der Waals surface area (Å²) < 4.78 is 0. The van der Waals surface area contributed by atoms with Gasteiger partial charge in [-0.05, 0) is 31.7 Å². The fourth-order valence-corrected chi connectivity index (χ4v) is 2.75. The standard InChI is InChI=1S/C18H22N4O/c1-14-5-7-15(8-6-14)12-19-18(23)16-11-17(21-13-20-16)22-9-3-2-4-10-22/h5-8,11,13H,2-4,9-10,12H2,1H3,(H,19,23). The first-order valence-corrected chi connectivity index (χ1v) is 8.13. The highest BCUT2D eigenvalue weighted by Crippen LogP contribution is 2.17. The van der Waals surface area contributed by atoms with Crippen molar-refractivity contribution in [3.63, 3.8) is 0 Å². The molecule has 120 valence electrons. The van der Waals surface area contributed by atoms with E-state index in [0.717, 1.165) is 24.5 Å². The number of carbonyl (C=O) groups excluding carboxylic acids is 1. The molecule has 1 aromatic carbocycles. The van der Waals surface area contributed by atoms with Crippen LogP contribution in [0.25, 0.3) is 0 Å². The van der Waals surface area contributed by atoms with Crippen molar-refractivity contribution in [2.24, 2.45) is 0 Å². The molecular formula is C18H22N4O. The van der Waals surface area contributed by atoms with Gasteiger partial charge in [-0.1, -0.05) is 29.8 Å². The van der Waals surface area contributed by atoms with Gasteiger partial charge in [0.25, 0.3) is 5.91 Å². The average Bonchev–Trinajstić information content (AvgIpc) is 2.62. The molecule has 1 N–H and O–H groups in total. The molecule has 1 aliphatic heterocycles. The van der Waals surface area contributed by atoms with Crippen molar-refractivity contribution in [1.82, 2.24) is 15.3 Å². The number of hydrogen-bond acceptors (Lipinski definition) is 4. The topological polar surface area (TPSA) is 58.1 Å². The quantitative estimate of drug-likeness (QED) is 0.943. The Morgan fingerprint density at radius 3 is 2.61 bits per heavy atom. The second kappa shape index (κ2) is 7.22. The molecule has 2 heterocycles. The van der Waals surface area contributed by atoms with Gasteiger partial charge in [-0.2, -0.15) is 0 Å². The Bertz CT molecular complexity index is 663. The number of anilines is 1. The monoisotopic (exact) mass is 310 g/mol. The van der Waals surface area contributed by atoms with Crippen molar-refractivity contribution in [1.29, 1.82) is 0 Å². The molecule has 0 spiro atoms. The molecule has 2 aromatic rings. The Morgan fingerprint density at radius 2 is 1.87 bits per heavy atom. The van der Waals surface area contributed by atoms with E-state index in [9.17, 15) is 4.79 Å². The van der Waals surface area contributed by atoms with Gasteiger partial charge in [0.05, 0.1) is 0 Å². The minimum Gasteiger partial charge on any atom is -0.357 e. The lowest BCUT2D eigenvalue weighted by atomic mass is 10.1. The third-order valence-electron chi connectivity index (χ3n) is 4.14. The smallest absolute Gasteiger partial charge is 0.270 e. The van der Waals surface area contributed by atoms with Crippen molar-refractivity contribution in [2.45, 2.75) is 32.7 Å². The summed E-state index contributed by atoms with van der Waals surface area (Å²) in [6.07, 6.45) is 5.11. The van der Waals surface area contributed by atoms with Crippen LogP contribution in [0.4, 0.5) is 5.82 Å². The highest BCUT2D eigenvalue weighted by atomic mass is 16.1. The number of aromatic nitrogens is 2. The van der Waals surface area contributed by atoms with Crippen LogP contribution in [0.15, 0.2) is 36.7 Å². The summed E-state index contributed by atoms with van der Waals surface area (Å²) in [5.74, 6) is 0.687. The second-order valence-corrected chi connectivity index (χ2v) is 5.98. The minimum atomic E-state index is -0.161. The Hall–Kier alpha value is -2.43. The van der Waals surface area contributed by atoms with E-state index in [0.29, 0.717) is 12.2 Å². The number of benzene rings is 1. The van der Waals surface area contributed by atoms with Gasteiger partial charge in [-0.3, -0.25) is 4.79 Å². The first-order valence-electron chi connectivity index (χ1n) is 8.13. The van der Waals surface area contributed by atoms with Gasteiger partial charge in [0, 0.05) is 25.7 Å². The SMILES string of the molecule is Cc1ccc(CNC(=O)c2cc(N3CCCCC3)ncn2)cc1. The molecule has 3 rings (SSSR count). The zero-order valence-electron chi connectivity index (χ0n) is 13.5. The van der Waals surface area contributed by atoms with Gasteiger partial charge in [-0.25, -0.2) is 9.97 Å². The van der Waals surface area contributed by atoms with Gasteiger partial charge in [0.15, 0.2) is 0 Å². The molecule has 1 amide bonds. The summed E-state index contributed by atoms with van der Waals surface area (Å²) >= 11 is 0. The molecule has 1 aromatic heterocycles. The van der Waals surface area contributed by atoms with Gasteiger partial charge in [0.2, 0.25) is 0 Å². The van der Waals surface area contributed by atoms with Gasteiger partial charge in [-0.15, -0.1) is 0 Å². The Balaban J connectivity index is 1.63. The molecule has 0 atom stereocenters. The minimum absolute atomic E-state index is 0.161. The molecule has 5 heteroatoms. The van der Waals surface area contributed by atoms with Crippen LogP contribution in [-0.2, 0) is 6.54 Å². The Labute approximate surface area is 136 Å². The number of nitrogens with zero attached hydrogens (tertiary/aromatic N) is 3. The largest absolute Gasteiger partial charge is 0.357 e. The van der Waals surface area contributed by atoms with E-state index < -0.39 is 0 Å². The fraction of sp³-hybridized carbons (Fsp3) is 0.389. The molecule has 1 fully saturated rings. The molecule has 0 unspecified atom stereocenters. The number of carbonyl (C=O) groups is 1. The second-order valence-electron chi connectivity index (χ2n) is 5.98. The van der Waals surface area contributed by atoms with E-state index in [1.54, 1.807) is 6.07 Å². The van der Waals surface area contributed by atoms with Crippen molar-refractivity contribution in [3.8, 4) is 0 Å². The molecule has 0 bridgehead atoms. The number of rotatable bonds is 4. The third kappa shape index (κ3) is 4.06. The fourth-order valence-electron chi connectivity index (χ4n) is 2.75. The maximum absolute atomic E-state index is 12.3. The number of amides is 1. The van der Waals surface area contributed by atoms with Crippen LogP contribution in [0.3, 0.4) is 0 Å². The van der Waals surface area contributed by atoms with E-state index in [1.165, 1.54) is 31.2 Å². The van der Waals surface area contributed by atoms with Gasteiger partial charge in [0.1, 0.15) is 17.8 Å². The van der Waals surface area contributed by atoms with E-state index >= 15 is 0 Å². The van der Waals surface area contributed by atoms with E-state index in [-0.39, 0.29) is 5.91 Å². The molecule has 1 aliphatic rings. The molecule has 0 aliphatic carbocycles. The zero-order chi connectivity index (χ0) is 16.1. The van der Waals surface area contributed by atoms with Crippen LogP contribution < -0.4 is 10.2 Å². The summed E-state index contributed by atoms with van der Waals surface area (Å²) in [6.45, 7) is 4.55. The van der Waals surface area contributed by atoms with Crippen molar-refractivity contribution in [3.05, 3.63) is 53.5 Å². The maximum Gasteiger partial charge on any atom is 0.270 e. The summed E-state index contributed by atoms with van der Waals surface area (Å²) in [7, 11) is 0. The number of aryl methyl sites for hydroxylation is 1. The van der Waals surface area contributed by atoms with E-state index in [2.05, 4.69) is 20.2 Å². The van der Waals surface area contributed by atoms with Crippen LogP contribution in [0, 0.1) is 6.92 Å². The Kier molecular flexibility index (Phi) is 4.86. The first kappa shape index (κ1) is 15.5.